The van der Waals surface area contributed by atoms with E-state index in [1.165, 1.54) is 0 Å². The third-order valence-corrected chi connectivity index (χ3v) is 0. The van der Waals surface area contributed by atoms with E-state index in [9.17, 15) is 0 Å². The molecule has 0 aromatic rings. The van der Waals surface area contributed by atoms with Gasteiger partial charge in [-0.2, -0.15) is 0 Å². The average Bonchev–Trinajstić information content (AvgIpc) is 0. The molecule has 0 aliphatic heterocycles. The van der Waals surface area contributed by atoms with E-state index in [0.717, 1.165) is 0 Å². The first-order valence-electron chi connectivity index (χ1n) is 0. The molecule has 0 aliphatic rings. The molecule has 0 nitrogen and oxygen atoms in total. The summed E-state index contributed by atoms with van der Waals surface area (Å²) in [5.41, 5.74) is 0. The molecule has 0 N–H and O–H groups in total. The van der Waals surface area contributed by atoms with Gasteiger partial charge in [0.1, 0.15) is 0 Å². The molecule has 0 radical (unpaired) electrons. The summed E-state index contributed by atoms with van der Waals surface area (Å²) >= 11 is 0. The summed E-state index contributed by atoms with van der Waals surface area (Å²) in [6.07, 6.45) is 0. The molecule has 0 rings (SSSR count). The minimum absolute atomic E-state index is 0. The standard InChI is InChI=1S/Ba.2ClH.Na.3H/h;2*1H;;;;. The zero-order chi connectivity index (χ0) is 0. The van der Waals surface area contributed by atoms with Crippen molar-refractivity contribution < 1.29 is 0 Å². The van der Waals surface area contributed by atoms with Gasteiger partial charge in [-0.05, 0) is 0 Å². The van der Waals surface area contributed by atoms with Crippen molar-refractivity contribution in [2.45, 2.75) is 0 Å². The molecule has 0 aliphatic carbocycles. The first kappa shape index (κ1) is 27.2. The molecule has 4 heteroatoms. The van der Waals surface area contributed by atoms with Crippen molar-refractivity contribution >= 4 is 103 Å². The van der Waals surface area contributed by atoms with E-state index in [0.29, 0.717) is 0 Å². The summed E-state index contributed by atoms with van der Waals surface area (Å²) < 4.78 is 0. The average molecular weight is 236 g/mol. The second kappa shape index (κ2) is 16.4. The normalized spacial score (nSPS) is 0. The van der Waals surface area contributed by atoms with Crippen LogP contribution < -0.4 is 0 Å². The number of hydrogen-bond donors (Lipinski definition) is 0. The Labute approximate surface area is 101 Å². The van der Waals surface area contributed by atoms with E-state index in [1.807, 2.05) is 0 Å². The molecule has 0 bridgehead atoms. The van der Waals surface area contributed by atoms with E-state index in [4.69, 9.17) is 0 Å². The Morgan fingerprint density at radius 2 is 0.750 bits per heavy atom. The molecule has 0 saturated carbocycles. The Hall–Kier alpha value is 3.15. The van der Waals surface area contributed by atoms with Crippen LogP contribution in [0.3, 0.4) is 0 Å². The van der Waals surface area contributed by atoms with Crippen LogP contribution in [0.15, 0.2) is 0 Å². The van der Waals surface area contributed by atoms with Crippen LogP contribution in [0.2, 0.25) is 0 Å². The van der Waals surface area contributed by atoms with Gasteiger partial charge in [0.05, 0.1) is 0 Å². The number of rotatable bonds is 0. The molecular weight excluding hydrogens is 231 g/mol. The summed E-state index contributed by atoms with van der Waals surface area (Å²) in [4.78, 5) is 0. The molecule has 4 heavy (non-hydrogen) atoms. The summed E-state index contributed by atoms with van der Waals surface area (Å²) in [5, 5.41) is 0. The topological polar surface area (TPSA) is 0 Å². The molecule has 0 atom stereocenters. The molecule has 22 valence electrons. The zero-order valence-electron chi connectivity index (χ0n) is 0.816. The van der Waals surface area contributed by atoms with Crippen molar-refractivity contribution in [3.8, 4) is 0 Å². The fourth-order valence-corrected chi connectivity index (χ4v) is 0. The predicted octanol–water partition coefficient (Wildman–Crippen LogP) is -0.721. The predicted molar refractivity (Wildman–Crippen MR) is 30.2 cm³/mol. The SMILES string of the molecule is Cl.Cl.[BaH2].[NaH]. The fourth-order valence-electron chi connectivity index (χ4n) is 0. The maximum atomic E-state index is 0. The van der Waals surface area contributed by atoms with E-state index in [-0.39, 0.29) is 103 Å². The van der Waals surface area contributed by atoms with E-state index >= 15 is 0 Å². The van der Waals surface area contributed by atoms with Crippen molar-refractivity contribution in [1.82, 2.24) is 0 Å². The molecule has 0 fully saturated rings. The van der Waals surface area contributed by atoms with E-state index in [2.05, 4.69) is 0 Å². The summed E-state index contributed by atoms with van der Waals surface area (Å²) in [7, 11) is 0. The van der Waals surface area contributed by atoms with Gasteiger partial charge in [0, 0.05) is 0 Å². The Bertz CT molecular complexity index is 6.00. The first-order valence-corrected chi connectivity index (χ1v) is 0. The van der Waals surface area contributed by atoms with Crippen molar-refractivity contribution in [2.24, 2.45) is 0 Å². The quantitative estimate of drug-likeness (QED) is 0.487. The Morgan fingerprint density at radius 3 is 0.750 bits per heavy atom. The minimum atomic E-state index is 0. The van der Waals surface area contributed by atoms with Crippen molar-refractivity contribution in [3.63, 3.8) is 0 Å². The van der Waals surface area contributed by atoms with Crippen LogP contribution in [0.5, 0.6) is 0 Å². The summed E-state index contributed by atoms with van der Waals surface area (Å²) in [5.74, 6) is 0. The Morgan fingerprint density at radius 1 is 0.750 bits per heavy atom. The van der Waals surface area contributed by atoms with E-state index in [1.54, 1.807) is 0 Å². The monoisotopic (exact) mass is 236 g/mol. The second-order valence-electron chi connectivity index (χ2n) is 0. The number of hydrogen-bond acceptors (Lipinski definition) is 0. The molecule has 0 aromatic heterocycles. The van der Waals surface area contributed by atoms with Crippen LogP contribution in [-0.4, -0.2) is 78.4 Å². The molecule has 0 heterocycles. The van der Waals surface area contributed by atoms with Crippen LogP contribution in [0.25, 0.3) is 0 Å². The molecule has 0 amide bonds. The molecular formula is H5BaCl2Na. The second-order valence-corrected chi connectivity index (χ2v) is 0. The van der Waals surface area contributed by atoms with Crippen molar-refractivity contribution in [1.29, 1.82) is 0 Å². The Balaban J connectivity index is 0. The van der Waals surface area contributed by atoms with Gasteiger partial charge >= 0.3 is 78.4 Å². The van der Waals surface area contributed by atoms with Crippen molar-refractivity contribution in [3.05, 3.63) is 0 Å². The van der Waals surface area contributed by atoms with Crippen LogP contribution in [0, 0.1) is 0 Å². The third-order valence-electron chi connectivity index (χ3n) is 0. The van der Waals surface area contributed by atoms with Crippen LogP contribution in [0.4, 0.5) is 0 Å². The third kappa shape index (κ3) is 8.94. The van der Waals surface area contributed by atoms with Gasteiger partial charge in [-0.3, -0.25) is 0 Å². The van der Waals surface area contributed by atoms with Gasteiger partial charge in [-0.1, -0.05) is 0 Å². The molecule has 0 aromatic carbocycles. The first-order chi connectivity index (χ1) is 0. The summed E-state index contributed by atoms with van der Waals surface area (Å²) in [6.45, 7) is 0. The zero-order valence-corrected chi connectivity index (χ0v) is 2.45. The molecule has 0 unspecified atom stereocenters. The van der Waals surface area contributed by atoms with Gasteiger partial charge in [-0.15, -0.1) is 24.8 Å². The summed E-state index contributed by atoms with van der Waals surface area (Å²) in [6, 6.07) is 0. The van der Waals surface area contributed by atoms with Crippen LogP contribution in [0.1, 0.15) is 0 Å². The van der Waals surface area contributed by atoms with Crippen LogP contribution >= 0.6 is 24.8 Å². The Kier molecular flexibility index (Phi) is 112. The van der Waals surface area contributed by atoms with Crippen molar-refractivity contribution in [2.75, 3.05) is 0 Å². The van der Waals surface area contributed by atoms with Gasteiger partial charge in [0.15, 0.2) is 0 Å². The van der Waals surface area contributed by atoms with Gasteiger partial charge < -0.3 is 0 Å². The van der Waals surface area contributed by atoms with E-state index < -0.39 is 0 Å². The van der Waals surface area contributed by atoms with Gasteiger partial charge in [0.25, 0.3) is 0 Å². The van der Waals surface area contributed by atoms with Gasteiger partial charge in [-0.25, -0.2) is 0 Å². The maximum absolute atomic E-state index is 0. The van der Waals surface area contributed by atoms with Crippen LogP contribution in [-0.2, 0) is 0 Å². The fraction of sp³-hybridized carbons (Fsp3) is 0. The molecule has 0 saturated heterocycles. The van der Waals surface area contributed by atoms with Gasteiger partial charge in [0.2, 0.25) is 0 Å². The number of halogens is 2. The molecule has 0 spiro atoms.